The van der Waals surface area contributed by atoms with Crippen molar-refractivity contribution in [2.24, 2.45) is 0 Å². The summed E-state index contributed by atoms with van der Waals surface area (Å²) in [4.78, 5) is 12.3. The number of nitrogens with zero attached hydrogens (tertiary/aromatic N) is 2. The molecule has 3 rings (SSSR count). The zero-order valence-electron chi connectivity index (χ0n) is 13.1. The lowest BCUT2D eigenvalue weighted by atomic mass is 10.1. The summed E-state index contributed by atoms with van der Waals surface area (Å²) in [5.74, 6) is -0.0879. The summed E-state index contributed by atoms with van der Waals surface area (Å²) in [6.45, 7) is 3.87. The van der Waals surface area contributed by atoms with Gasteiger partial charge in [-0.05, 0) is 44.5 Å². The third-order valence-corrected chi connectivity index (χ3v) is 5.70. The first-order valence-electron chi connectivity index (χ1n) is 7.49. The standard InChI is InChI=1S/C16H19N3O3S/c1-11-8-12(2)19(18-11)15-5-3-4-13(9-15)16(20)17-14-6-7-23(21,22)10-14/h3-5,8-9,14H,6-7,10H2,1-2H3,(H,17,20)/t14-/m0/s1. The van der Waals surface area contributed by atoms with E-state index in [1.54, 1.807) is 22.9 Å². The summed E-state index contributed by atoms with van der Waals surface area (Å²) in [5.41, 5.74) is 3.21. The van der Waals surface area contributed by atoms with Crippen LogP contribution in [0.2, 0.25) is 0 Å². The first kappa shape index (κ1) is 15.7. The summed E-state index contributed by atoms with van der Waals surface area (Å²) in [5, 5.41) is 7.21. The number of hydrogen-bond acceptors (Lipinski definition) is 4. The van der Waals surface area contributed by atoms with Crippen molar-refractivity contribution in [2.75, 3.05) is 11.5 Å². The van der Waals surface area contributed by atoms with Crippen LogP contribution in [-0.4, -0.2) is 41.7 Å². The van der Waals surface area contributed by atoms with E-state index in [2.05, 4.69) is 10.4 Å². The lowest BCUT2D eigenvalue weighted by Gasteiger charge is -2.12. The number of aryl methyl sites for hydroxylation is 2. The number of hydrogen-bond donors (Lipinski definition) is 1. The Hall–Kier alpha value is -2.15. The van der Waals surface area contributed by atoms with Gasteiger partial charge in [0.25, 0.3) is 5.91 Å². The minimum Gasteiger partial charge on any atom is -0.348 e. The molecule has 1 saturated heterocycles. The Labute approximate surface area is 135 Å². The Kier molecular flexibility index (Phi) is 3.97. The second kappa shape index (κ2) is 5.81. The Morgan fingerprint density at radius 1 is 1.30 bits per heavy atom. The number of benzene rings is 1. The van der Waals surface area contributed by atoms with Crippen LogP contribution in [0.15, 0.2) is 30.3 Å². The maximum atomic E-state index is 12.3. The van der Waals surface area contributed by atoms with E-state index >= 15 is 0 Å². The lowest BCUT2D eigenvalue weighted by molar-refractivity contribution is 0.0941. The van der Waals surface area contributed by atoms with Gasteiger partial charge in [-0.25, -0.2) is 13.1 Å². The van der Waals surface area contributed by atoms with Crippen LogP contribution >= 0.6 is 0 Å². The molecule has 1 aliphatic heterocycles. The first-order chi connectivity index (χ1) is 10.8. The van der Waals surface area contributed by atoms with Gasteiger partial charge < -0.3 is 5.32 Å². The highest BCUT2D eigenvalue weighted by Gasteiger charge is 2.29. The molecule has 0 spiro atoms. The van der Waals surface area contributed by atoms with Crippen molar-refractivity contribution in [1.82, 2.24) is 15.1 Å². The molecule has 0 bridgehead atoms. The summed E-state index contributed by atoms with van der Waals surface area (Å²) in [6, 6.07) is 8.83. The summed E-state index contributed by atoms with van der Waals surface area (Å²) in [7, 11) is -3.01. The van der Waals surface area contributed by atoms with E-state index in [1.165, 1.54) is 0 Å². The maximum absolute atomic E-state index is 12.3. The normalized spacial score (nSPS) is 19.7. The monoisotopic (exact) mass is 333 g/mol. The molecule has 0 aliphatic carbocycles. The van der Waals surface area contributed by atoms with Crippen molar-refractivity contribution in [3.05, 3.63) is 47.3 Å². The van der Waals surface area contributed by atoms with Gasteiger partial charge in [0.05, 0.1) is 22.9 Å². The van der Waals surface area contributed by atoms with Crippen LogP contribution in [0.25, 0.3) is 5.69 Å². The molecule has 6 nitrogen and oxygen atoms in total. The van der Waals surface area contributed by atoms with Crippen LogP contribution in [-0.2, 0) is 9.84 Å². The average molecular weight is 333 g/mol. The fourth-order valence-electron chi connectivity index (χ4n) is 2.85. The molecule has 0 saturated carbocycles. The Balaban J connectivity index is 1.80. The molecule has 1 aromatic carbocycles. The largest absolute Gasteiger partial charge is 0.348 e. The second-order valence-electron chi connectivity index (χ2n) is 5.96. The van der Waals surface area contributed by atoms with E-state index in [4.69, 9.17) is 0 Å². The molecule has 7 heteroatoms. The number of amides is 1. The highest BCUT2D eigenvalue weighted by Crippen LogP contribution is 2.15. The van der Waals surface area contributed by atoms with Crippen LogP contribution in [0.3, 0.4) is 0 Å². The summed E-state index contributed by atoms with van der Waals surface area (Å²) < 4.78 is 24.7. The van der Waals surface area contributed by atoms with E-state index in [-0.39, 0.29) is 23.5 Å². The van der Waals surface area contributed by atoms with Crippen molar-refractivity contribution in [2.45, 2.75) is 26.3 Å². The van der Waals surface area contributed by atoms with E-state index in [9.17, 15) is 13.2 Å². The SMILES string of the molecule is Cc1cc(C)n(-c2cccc(C(=O)N[C@H]3CCS(=O)(=O)C3)c2)n1. The highest BCUT2D eigenvalue weighted by molar-refractivity contribution is 7.91. The molecule has 1 amide bonds. The predicted octanol–water partition coefficient (Wildman–Crippen LogP) is 1.41. The fraction of sp³-hybridized carbons (Fsp3) is 0.375. The van der Waals surface area contributed by atoms with Crippen molar-refractivity contribution in [1.29, 1.82) is 0 Å². The molecule has 122 valence electrons. The van der Waals surface area contributed by atoms with Gasteiger partial charge in [-0.2, -0.15) is 5.10 Å². The van der Waals surface area contributed by atoms with E-state index in [1.807, 2.05) is 26.0 Å². The van der Waals surface area contributed by atoms with E-state index < -0.39 is 9.84 Å². The topological polar surface area (TPSA) is 81.1 Å². The number of nitrogens with one attached hydrogen (secondary N) is 1. The van der Waals surface area contributed by atoms with Gasteiger partial charge in [0.15, 0.2) is 9.84 Å². The van der Waals surface area contributed by atoms with Crippen LogP contribution < -0.4 is 5.32 Å². The third-order valence-electron chi connectivity index (χ3n) is 3.93. The lowest BCUT2D eigenvalue weighted by Crippen LogP contribution is -2.35. The molecule has 1 N–H and O–H groups in total. The molecule has 1 aliphatic rings. The minimum absolute atomic E-state index is 0.0237. The molecule has 2 heterocycles. The van der Waals surface area contributed by atoms with Gasteiger partial charge in [0.2, 0.25) is 0 Å². The van der Waals surface area contributed by atoms with Gasteiger partial charge in [-0.15, -0.1) is 0 Å². The smallest absolute Gasteiger partial charge is 0.251 e. The van der Waals surface area contributed by atoms with Crippen molar-refractivity contribution >= 4 is 15.7 Å². The molecule has 2 aromatic rings. The molecular formula is C16H19N3O3S. The first-order valence-corrected chi connectivity index (χ1v) is 9.31. The summed E-state index contributed by atoms with van der Waals surface area (Å²) in [6.07, 6.45) is 0.477. The maximum Gasteiger partial charge on any atom is 0.251 e. The minimum atomic E-state index is -3.01. The van der Waals surface area contributed by atoms with Crippen molar-refractivity contribution in [3.8, 4) is 5.69 Å². The van der Waals surface area contributed by atoms with Crippen molar-refractivity contribution < 1.29 is 13.2 Å². The Morgan fingerprint density at radius 3 is 2.70 bits per heavy atom. The number of rotatable bonds is 3. The van der Waals surface area contributed by atoms with Crippen LogP contribution in [0.5, 0.6) is 0 Å². The quantitative estimate of drug-likeness (QED) is 0.921. The molecule has 1 aromatic heterocycles. The molecule has 1 atom stereocenters. The molecule has 23 heavy (non-hydrogen) atoms. The Bertz CT molecular complexity index is 855. The van der Waals surface area contributed by atoms with Crippen LogP contribution in [0.4, 0.5) is 0 Å². The zero-order valence-corrected chi connectivity index (χ0v) is 13.9. The number of carbonyl (C=O) groups is 1. The third kappa shape index (κ3) is 3.44. The van der Waals surface area contributed by atoms with Gasteiger partial charge in [-0.1, -0.05) is 6.07 Å². The van der Waals surface area contributed by atoms with E-state index in [0.717, 1.165) is 17.1 Å². The zero-order chi connectivity index (χ0) is 16.6. The van der Waals surface area contributed by atoms with E-state index in [0.29, 0.717) is 12.0 Å². The average Bonchev–Trinajstić information content (AvgIpc) is 3.00. The second-order valence-corrected chi connectivity index (χ2v) is 8.19. The Morgan fingerprint density at radius 2 is 2.09 bits per heavy atom. The fourth-order valence-corrected chi connectivity index (χ4v) is 4.52. The molecule has 1 fully saturated rings. The molecular weight excluding hydrogens is 314 g/mol. The van der Waals surface area contributed by atoms with Gasteiger partial charge >= 0.3 is 0 Å². The van der Waals surface area contributed by atoms with Crippen LogP contribution in [0.1, 0.15) is 28.2 Å². The number of aromatic nitrogens is 2. The highest BCUT2D eigenvalue weighted by atomic mass is 32.2. The summed E-state index contributed by atoms with van der Waals surface area (Å²) >= 11 is 0. The molecule has 0 unspecified atom stereocenters. The molecule has 0 radical (unpaired) electrons. The number of sulfone groups is 1. The van der Waals surface area contributed by atoms with Crippen LogP contribution in [0, 0.1) is 13.8 Å². The van der Waals surface area contributed by atoms with Gasteiger partial charge in [0, 0.05) is 17.3 Å². The van der Waals surface area contributed by atoms with Gasteiger partial charge in [-0.3, -0.25) is 4.79 Å². The predicted molar refractivity (Wildman–Crippen MR) is 87.6 cm³/mol. The van der Waals surface area contributed by atoms with Gasteiger partial charge in [0.1, 0.15) is 0 Å². The number of carbonyl (C=O) groups excluding carboxylic acids is 1. The van der Waals surface area contributed by atoms with Crippen molar-refractivity contribution in [3.63, 3.8) is 0 Å².